The van der Waals surface area contributed by atoms with Crippen LogP contribution in [-0.2, 0) is 9.53 Å². The molecule has 13 nitrogen and oxygen atoms in total. The lowest BCUT2D eigenvalue weighted by atomic mass is 10.1. The van der Waals surface area contributed by atoms with Gasteiger partial charge in [-0.3, -0.25) is 9.36 Å². The smallest absolute Gasteiger partial charge is 0.240 e. The number of hydrogen-bond donors (Lipinski definition) is 8. The van der Waals surface area contributed by atoms with Gasteiger partial charge in [0.15, 0.2) is 11.9 Å². The molecule has 2 unspecified atom stereocenters. The highest BCUT2D eigenvalue weighted by Crippen LogP contribution is 2.32. The monoisotopic (exact) mass is 477 g/mol. The van der Waals surface area contributed by atoms with E-state index < -0.39 is 49.7 Å². The number of carbonyl (C=O) groups excluding carboxylic acids is 1. The van der Waals surface area contributed by atoms with Crippen molar-refractivity contribution in [2.75, 3.05) is 31.6 Å². The Balaban J connectivity index is 1.63. The molecule has 5 atom stereocenters. The van der Waals surface area contributed by atoms with Crippen LogP contribution in [-0.4, -0.2) is 96.5 Å². The number of amides is 1. The number of aromatic nitrogens is 4. The summed E-state index contributed by atoms with van der Waals surface area (Å²) in [5, 5.41) is 43.9. The quantitative estimate of drug-likeness (QED) is 0.112. The van der Waals surface area contributed by atoms with Crippen LogP contribution in [0.1, 0.15) is 6.23 Å². The van der Waals surface area contributed by atoms with Crippen LogP contribution in [0.25, 0.3) is 11.2 Å². The van der Waals surface area contributed by atoms with E-state index in [-0.39, 0.29) is 24.1 Å². The van der Waals surface area contributed by atoms with E-state index in [9.17, 15) is 20.1 Å². The van der Waals surface area contributed by atoms with Crippen LogP contribution in [0.5, 0.6) is 0 Å². The molecular formula is C19H23N7O6S. The van der Waals surface area contributed by atoms with E-state index in [0.29, 0.717) is 11.2 Å². The molecule has 3 heterocycles. The Labute approximate surface area is 193 Å². The van der Waals surface area contributed by atoms with Gasteiger partial charge in [-0.25, -0.2) is 9.97 Å². The number of hydrogen-bond acceptors (Lipinski definition) is 12. The molecule has 176 valence electrons. The zero-order chi connectivity index (χ0) is 24.0. The van der Waals surface area contributed by atoms with Crippen molar-refractivity contribution in [2.24, 2.45) is 5.73 Å². The Kier molecular flexibility index (Phi) is 8.43. The molecule has 0 saturated carbocycles. The van der Waals surface area contributed by atoms with Crippen molar-refractivity contribution in [1.82, 2.24) is 24.8 Å². The number of rotatable bonds is 7. The van der Waals surface area contributed by atoms with Gasteiger partial charge in [0.05, 0.1) is 32.6 Å². The molecule has 1 aliphatic heterocycles. The van der Waals surface area contributed by atoms with Gasteiger partial charge < -0.3 is 41.5 Å². The molecule has 14 heteroatoms. The van der Waals surface area contributed by atoms with Crippen LogP contribution in [0.15, 0.2) is 11.4 Å². The zero-order valence-electron chi connectivity index (χ0n) is 17.2. The van der Waals surface area contributed by atoms with Gasteiger partial charge in [0.25, 0.3) is 0 Å². The van der Waals surface area contributed by atoms with Crippen molar-refractivity contribution in [2.45, 2.75) is 35.6 Å². The molecule has 0 aliphatic carbocycles. The van der Waals surface area contributed by atoms with E-state index in [0.717, 1.165) is 0 Å². The topological polar surface area (TPSA) is 201 Å². The van der Waals surface area contributed by atoms with Crippen LogP contribution in [0.3, 0.4) is 0 Å². The highest BCUT2D eigenvalue weighted by Gasteiger charge is 2.44. The van der Waals surface area contributed by atoms with Gasteiger partial charge in [-0.05, 0) is 11.8 Å². The number of nitrogens with zero attached hydrogens (tertiary/aromatic N) is 4. The molecule has 1 saturated heterocycles. The van der Waals surface area contributed by atoms with Gasteiger partial charge in [0, 0.05) is 0 Å². The lowest BCUT2D eigenvalue weighted by molar-refractivity contribution is -0.122. The first-order valence-electron chi connectivity index (χ1n) is 9.77. The molecule has 1 amide bonds. The minimum absolute atomic E-state index is 0.0440. The van der Waals surface area contributed by atoms with Crippen LogP contribution in [0.4, 0.5) is 5.95 Å². The molecule has 0 bridgehead atoms. The third-order valence-corrected chi connectivity index (χ3v) is 4.96. The average Bonchev–Trinajstić information content (AvgIpc) is 3.35. The van der Waals surface area contributed by atoms with E-state index in [1.807, 2.05) is 0 Å². The average molecular weight is 478 g/mol. The first-order valence-corrected chi connectivity index (χ1v) is 10.2. The molecule has 8 N–H and O–H groups in total. The maximum atomic E-state index is 11.4. The molecule has 1 fully saturated rings. The summed E-state index contributed by atoms with van der Waals surface area (Å²) in [4.78, 5) is 24.1. The third-order valence-electron chi connectivity index (χ3n) is 4.65. The molecule has 33 heavy (non-hydrogen) atoms. The van der Waals surface area contributed by atoms with Crippen molar-refractivity contribution in [3.63, 3.8) is 0 Å². The van der Waals surface area contributed by atoms with Crippen LogP contribution in [0, 0.1) is 23.7 Å². The van der Waals surface area contributed by atoms with Gasteiger partial charge >= 0.3 is 0 Å². The van der Waals surface area contributed by atoms with E-state index >= 15 is 0 Å². The Bertz CT molecular complexity index is 1120. The maximum Gasteiger partial charge on any atom is 0.240 e. The van der Waals surface area contributed by atoms with E-state index in [1.165, 1.54) is 10.9 Å². The fourth-order valence-corrected chi connectivity index (χ4v) is 3.17. The number of imidazole rings is 1. The lowest BCUT2D eigenvalue weighted by Gasteiger charge is -2.16. The van der Waals surface area contributed by atoms with Crippen LogP contribution in [0.2, 0.25) is 0 Å². The lowest BCUT2D eigenvalue weighted by Crippen LogP contribution is -2.43. The molecule has 0 spiro atoms. The number of aliphatic hydroxyl groups excluding tert-OH is 4. The zero-order valence-corrected chi connectivity index (χ0v) is 18.1. The highest BCUT2D eigenvalue weighted by molar-refractivity contribution is 7.80. The number of fused-ring (bicyclic) bond motifs is 1. The second-order valence-electron chi connectivity index (χ2n) is 6.89. The summed E-state index contributed by atoms with van der Waals surface area (Å²) in [6.07, 6.45) is -3.11. The summed E-state index contributed by atoms with van der Waals surface area (Å²) < 4.78 is 6.96. The number of ether oxygens (including phenoxy) is 1. The SMILES string of the molecule is NC(CO)C(=O)NCC#CC#CCNc1nc(S)c2ncn([C@@H]3O[C@H](CO)C(O)[C@@H]3O)c2n1. The normalized spacial score (nSPS) is 22.7. The summed E-state index contributed by atoms with van der Waals surface area (Å²) in [5.74, 6) is 10.2. The Morgan fingerprint density at radius 3 is 2.64 bits per heavy atom. The minimum atomic E-state index is -1.29. The molecule has 0 radical (unpaired) electrons. The van der Waals surface area contributed by atoms with Gasteiger partial charge in [0.2, 0.25) is 11.9 Å². The number of carbonyl (C=O) groups is 1. The largest absolute Gasteiger partial charge is 0.394 e. The number of nitrogens with two attached hydrogens (primary N) is 1. The van der Waals surface area contributed by atoms with E-state index in [1.54, 1.807) is 0 Å². The minimum Gasteiger partial charge on any atom is -0.394 e. The molecule has 2 aromatic rings. The van der Waals surface area contributed by atoms with Gasteiger partial charge in [-0.15, -0.1) is 12.6 Å². The van der Waals surface area contributed by atoms with Crippen LogP contribution < -0.4 is 16.4 Å². The third kappa shape index (κ3) is 5.70. The van der Waals surface area contributed by atoms with Crippen molar-refractivity contribution in [3.8, 4) is 23.7 Å². The predicted octanol–water partition coefficient (Wildman–Crippen LogP) is -3.42. The van der Waals surface area contributed by atoms with Crippen molar-refractivity contribution in [3.05, 3.63) is 6.33 Å². The Morgan fingerprint density at radius 2 is 1.97 bits per heavy atom. The molecular weight excluding hydrogens is 454 g/mol. The molecule has 1 aliphatic rings. The van der Waals surface area contributed by atoms with Gasteiger partial charge in [-0.1, -0.05) is 11.8 Å². The summed E-state index contributed by atoms with van der Waals surface area (Å²) >= 11 is 4.31. The standard InChI is InChI=1S/C19H23N7O6S/c20-10(7-27)16(31)21-5-3-1-2-4-6-22-19-24-15-12(17(33)25-19)23-9-26(15)18-14(30)13(29)11(8-28)32-18/h9-11,13-14,18,27-30H,5-8,20H2,(H,21,31)(H2,22,24,25,33)/t10?,11-,13?,14+,18-/m1/s1. The number of thiol groups is 1. The van der Waals surface area contributed by atoms with E-state index in [2.05, 4.69) is 61.9 Å². The number of aliphatic hydroxyl groups is 4. The summed E-state index contributed by atoms with van der Waals surface area (Å²) in [7, 11) is 0. The first-order chi connectivity index (χ1) is 15.9. The van der Waals surface area contributed by atoms with Crippen molar-refractivity contribution < 1.29 is 30.0 Å². The summed E-state index contributed by atoms with van der Waals surface area (Å²) in [6, 6.07) is -0.989. The van der Waals surface area contributed by atoms with Crippen LogP contribution >= 0.6 is 12.6 Å². The second-order valence-corrected chi connectivity index (χ2v) is 7.31. The number of nitrogens with one attached hydrogen (secondary N) is 2. The van der Waals surface area contributed by atoms with Gasteiger partial charge in [0.1, 0.15) is 34.9 Å². The predicted molar refractivity (Wildman–Crippen MR) is 118 cm³/mol. The first kappa shape index (κ1) is 24.7. The molecule has 2 aromatic heterocycles. The summed E-state index contributed by atoms with van der Waals surface area (Å²) in [5.41, 5.74) is 6.02. The summed E-state index contributed by atoms with van der Waals surface area (Å²) in [6.45, 7) is -0.711. The fraction of sp³-hybridized carbons (Fsp3) is 0.474. The molecule has 3 rings (SSSR count). The van der Waals surface area contributed by atoms with Crippen molar-refractivity contribution >= 4 is 35.6 Å². The number of anilines is 1. The molecule has 0 aromatic carbocycles. The Morgan fingerprint density at radius 1 is 1.24 bits per heavy atom. The van der Waals surface area contributed by atoms with E-state index in [4.69, 9.17) is 15.6 Å². The van der Waals surface area contributed by atoms with Crippen molar-refractivity contribution in [1.29, 1.82) is 0 Å². The Hall–Kier alpha value is -2.95. The maximum absolute atomic E-state index is 11.4. The second kappa shape index (κ2) is 11.3. The van der Waals surface area contributed by atoms with Gasteiger partial charge in [-0.2, -0.15) is 4.98 Å². The fourth-order valence-electron chi connectivity index (χ4n) is 2.92. The highest BCUT2D eigenvalue weighted by atomic mass is 32.1.